The molecule has 4 unspecified atom stereocenters. The summed E-state index contributed by atoms with van der Waals surface area (Å²) >= 11 is 0. The Labute approximate surface area is 240 Å². The molecule has 40 heavy (non-hydrogen) atoms. The van der Waals surface area contributed by atoms with Gasteiger partial charge in [0, 0.05) is 12.0 Å². The summed E-state index contributed by atoms with van der Waals surface area (Å²) < 4.78 is 6.77. The van der Waals surface area contributed by atoms with Crippen LogP contribution in [0.15, 0.2) is 30.3 Å². The van der Waals surface area contributed by atoms with Crippen LogP contribution in [-0.2, 0) is 16.1 Å². The van der Waals surface area contributed by atoms with Crippen molar-refractivity contribution in [3.8, 4) is 0 Å². The fourth-order valence-corrected chi connectivity index (χ4v) is 12.6. The molecular formula is C35H51NO4. The van der Waals surface area contributed by atoms with Crippen molar-refractivity contribution in [2.24, 2.45) is 50.7 Å². The maximum Gasteiger partial charge on any atom is 0.222 e. The molecular weight excluding hydrogens is 498 g/mol. The van der Waals surface area contributed by atoms with Crippen molar-refractivity contribution in [3.05, 3.63) is 35.9 Å². The highest BCUT2D eigenvalue weighted by Gasteiger charge is 2.84. The number of aliphatic hydroxyl groups excluding tert-OH is 2. The van der Waals surface area contributed by atoms with Gasteiger partial charge >= 0.3 is 0 Å². The monoisotopic (exact) mass is 549 g/mol. The summed E-state index contributed by atoms with van der Waals surface area (Å²) in [5.74, 6) is 1.86. The molecule has 1 heterocycles. The summed E-state index contributed by atoms with van der Waals surface area (Å²) in [6.07, 6.45) is 8.32. The van der Waals surface area contributed by atoms with Crippen LogP contribution in [0.1, 0.15) is 98.0 Å². The van der Waals surface area contributed by atoms with Gasteiger partial charge in [-0.15, -0.1) is 0 Å². The Hall–Kier alpha value is -1.43. The zero-order valence-electron chi connectivity index (χ0n) is 25.3. The van der Waals surface area contributed by atoms with Gasteiger partial charge in [-0.05, 0) is 102 Å². The minimum absolute atomic E-state index is 0.0252. The molecule has 5 saturated carbocycles. The molecule has 12 atom stereocenters. The van der Waals surface area contributed by atoms with E-state index in [1.807, 2.05) is 30.3 Å². The van der Waals surface area contributed by atoms with Crippen LogP contribution in [-0.4, -0.2) is 40.5 Å². The highest BCUT2D eigenvalue weighted by molar-refractivity contribution is 5.76. The quantitative estimate of drug-likeness (QED) is 0.439. The molecule has 1 amide bonds. The molecule has 5 aliphatic carbocycles. The number of carbonyl (C=O) groups excluding carboxylic acids is 1. The fraction of sp³-hybridized carbons (Fsp3) is 0.800. The Morgan fingerprint density at radius 2 is 1.68 bits per heavy atom. The van der Waals surface area contributed by atoms with Crippen LogP contribution >= 0.6 is 0 Å². The number of benzene rings is 1. The number of hydrogen-bond donors (Lipinski definition) is 3. The average Bonchev–Trinajstić information content (AvgIpc) is 3.55. The van der Waals surface area contributed by atoms with Crippen LogP contribution in [0.5, 0.6) is 0 Å². The molecule has 220 valence electrons. The molecule has 1 aromatic carbocycles. The summed E-state index contributed by atoms with van der Waals surface area (Å²) in [4.78, 5) is 12.9. The topological polar surface area (TPSA) is 78.8 Å². The van der Waals surface area contributed by atoms with Crippen LogP contribution < -0.4 is 5.32 Å². The molecule has 1 aromatic rings. The normalized spacial score (nSPS) is 51.9. The maximum absolute atomic E-state index is 12.9. The molecule has 5 nitrogen and oxygen atoms in total. The summed E-state index contributed by atoms with van der Waals surface area (Å²) in [6, 6.07) is 10.0. The zero-order chi connectivity index (χ0) is 28.3. The molecule has 1 saturated heterocycles. The highest BCUT2D eigenvalue weighted by Crippen LogP contribution is 2.89. The van der Waals surface area contributed by atoms with E-state index in [1.54, 1.807) is 0 Å². The van der Waals surface area contributed by atoms with E-state index < -0.39 is 6.10 Å². The predicted octanol–water partition coefficient (Wildman–Crippen LogP) is 5.87. The van der Waals surface area contributed by atoms with Crippen molar-refractivity contribution in [1.29, 1.82) is 0 Å². The van der Waals surface area contributed by atoms with Gasteiger partial charge in [0.25, 0.3) is 0 Å². The van der Waals surface area contributed by atoms with Gasteiger partial charge in [0.05, 0.1) is 30.8 Å². The largest absolute Gasteiger partial charge is 0.393 e. The van der Waals surface area contributed by atoms with Crippen LogP contribution in [0.3, 0.4) is 0 Å². The molecule has 7 rings (SSSR count). The number of rotatable bonds is 4. The van der Waals surface area contributed by atoms with E-state index in [0.29, 0.717) is 47.5 Å². The summed E-state index contributed by atoms with van der Waals surface area (Å²) in [7, 11) is 0. The predicted molar refractivity (Wildman–Crippen MR) is 155 cm³/mol. The smallest absolute Gasteiger partial charge is 0.222 e. The van der Waals surface area contributed by atoms with Crippen molar-refractivity contribution >= 4 is 5.91 Å². The number of aliphatic hydroxyl groups is 2. The highest BCUT2D eigenvalue weighted by atomic mass is 16.5. The van der Waals surface area contributed by atoms with Gasteiger partial charge in [0.1, 0.15) is 0 Å². The fourth-order valence-electron chi connectivity index (χ4n) is 12.6. The summed E-state index contributed by atoms with van der Waals surface area (Å²) in [5, 5.41) is 26.3. The molecule has 5 heteroatoms. The second-order valence-corrected chi connectivity index (χ2v) is 16.1. The lowest BCUT2D eigenvalue weighted by molar-refractivity contribution is -0.182. The van der Waals surface area contributed by atoms with Crippen molar-refractivity contribution in [3.63, 3.8) is 0 Å². The van der Waals surface area contributed by atoms with Crippen molar-refractivity contribution < 1.29 is 19.7 Å². The van der Waals surface area contributed by atoms with Gasteiger partial charge in [0.2, 0.25) is 5.91 Å². The first-order valence-corrected chi connectivity index (χ1v) is 16.2. The second kappa shape index (κ2) is 8.80. The third kappa shape index (κ3) is 3.35. The zero-order valence-corrected chi connectivity index (χ0v) is 25.3. The Bertz CT molecular complexity index is 1170. The first kappa shape index (κ1) is 27.4. The van der Waals surface area contributed by atoms with Crippen LogP contribution in [0.4, 0.5) is 0 Å². The number of amides is 1. The Balaban J connectivity index is 1.11. The van der Waals surface area contributed by atoms with Crippen LogP contribution in [0.25, 0.3) is 0 Å². The van der Waals surface area contributed by atoms with E-state index in [0.717, 1.165) is 37.7 Å². The average molecular weight is 550 g/mol. The van der Waals surface area contributed by atoms with E-state index >= 15 is 0 Å². The van der Waals surface area contributed by atoms with Gasteiger partial charge in [0.15, 0.2) is 0 Å². The Morgan fingerprint density at radius 3 is 2.42 bits per heavy atom. The van der Waals surface area contributed by atoms with Gasteiger partial charge in [-0.2, -0.15) is 0 Å². The van der Waals surface area contributed by atoms with Gasteiger partial charge < -0.3 is 20.3 Å². The molecule has 2 spiro atoms. The molecule has 0 radical (unpaired) electrons. The van der Waals surface area contributed by atoms with E-state index in [1.165, 1.54) is 19.3 Å². The number of carbonyl (C=O) groups is 1. The minimum Gasteiger partial charge on any atom is -0.393 e. The first-order chi connectivity index (χ1) is 18.9. The van der Waals surface area contributed by atoms with Crippen LogP contribution in [0.2, 0.25) is 0 Å². The standard InChI is InChI=1S/C35H51NO4/c1-21-17-23(18-27(38)36-19-22-9-7-6-8-10-22)40-29-28(21)32(4)15-16-35-20-34(35)14-13-26(37)31(2,3)24(34)11-12-25(35)33(32,5)30(29)39/h6-10,21,23-26,28-30,37,39H,11-20H2,1-5H3,(H,36,38)/t21-,23?,24+,25?,26+,28+,29?,30+,32-,33-,34-,35?/m1/s1. The molecule has 1 aliphatic heterocycles. The molecule has 6 aliphatic rings. The van der Waals surface area contributed by atoms with Crippen molar-refractivity contribution in [2.45, 2.75) is 123 Å². The molecule has 0 aromatic heterocycles. The van der Waals surface area contributed by atoms with E-state index in [-0.39, 0.29) is 40.5 Å². The van der Waals surface area contributed by atoms with Gasteiger partial charge in [-0.1, -0.05) is 65.0 Å². The third-order valence-electron chi connectivity index (χ3n) is 14.6. The Kier molecular flexibility index (Phi) is 6.03. The number of ether oxygens (including phenoxy) is 1. The summed E-state index contributed by atoms with van der Waals surface area (Å²) in [6.45, 7) is 12.4. The van der Waals surface area contributed by atoms with Crippen molar-refractivity contribution in [1.82, 2.24) is 5.32 Å². The van der Waals surface area contributed by atoms with Gasteiger partial charge in [-0.3, -0.25) is 4.79 Å². The summed E-state index contributed by atoms with van der Waals surface area (Å²) in [5.41, 5.74) is 1.59. The van der Waals surface area contributed by atoms with E-state index in [2.05, 4.69) is 39.9 Å². The minimum atomic E-state index is -0.501. The molecule has 0 bridgehead atoms. The molecule has 6 fully saturated rings. The van der Waals surface area contributed by atoms with Gasteiger partial charge in [-0.25, -0.2) is 0 Å². The number of fused-ring (bicyclic) bond motifs is 4. The molecule has 3 N–H and O–H groups in total. The second-order valence-electron chi connectivity index (χ2n) is 16.1. The SMILES string of the molecule is C[C@@H]1CC(CC(=O)NCc2ccccc2)OC2[C@H]1[C@@]1(C)CCC34C[C@@]35CC[C@H](O)C(C)(C)[C@@H]5CCC4[C@]1(C)[C@H]2O. The van der Waals surface area contributed by atoms with Crippen LogP contribution in [0, 0.1) is 50.7 Å². The lowest BCUT2D eigenvalue weighted by Gasteiger charge is -2.63. The lowest BCUT2D eigenvalue weighted by Crippen LogP contribution is -2.59. The lowest BCUT2D eigenvalue weighted by atomic mass is 9.41. The third-order valence-corrected chi connectivity index (χ3v) is 14.6. The van der Waals surface area contributed by atoms with E-state index in [4.69, 9.17) is 4.74 Å². The van der Waals surface area contributed by atoms with E-state index in [9.17, 15) is 15.0 Å². The maximum atomic E-state index is 12.9. The van der Waals surface area contributed by atoms with Crippen molar-refractivity contribution in [2.75, 3.05) is 0 Å². The Morgan fingerprint density at radius 1 is 0.975 bits per heavy atom. The first-order valence-electron chi connectivity index (χ1n) is 16.2. The number of hydrogen-bond acceptors (Lipinski definition) is 4. The number of nitrogens with one attached hydrogen (secondary N) is 1.